The molecule has 1 aromatic carbocycles. The van der Waals surface area contributed by atoms with Crippen molar-refractivity contribution in [3.63, 3.8) is 0 Å². The minimum Gasteiger partial charge on any atom is -0.375 e. The van der Waals surface area contributed by atoms with Crippen LogP contribution >= 0.6 is 0 Å². The second kappa shape index (κ2) is 6.60. The quantitative estimate of drug-likeness (QED) is 0.862. The minimum absolute atomic E-state index is 0.0362. The number of carbonyl (C=O) groups excluding carboxylic acids is 2. The van der Waals surface area contributed by atoms with Crippen LogP contribution in [0.5, 0.6) is 0 Å². The summed E-state index contributed by atoms with van der Waals surface area (Å²) < 4.78 is 19.9. The molecule has 2 aromatic rings. The average molecular weight is 374 g/mol. The molecule has 2 saturated heterocycles. The summed E-state index contributed by atoms with van der Waals surface area (Å²) in [5.74, 6) is -1.04. The molecule has 2 fully saturated rings. The Morgan fingerprint density at radius 3 is 3.04 bits per heavy atom. The van der Waals surface area contributed by atoms with Gasteiger partial charge in [0.25, 0.3) is 0 Å². The van der Waals surface area contributed by atoms with Gasteiger partial charge < -0.3 is 10.1 Å². The van der Waals surface area contributed by atoms with Crippen molar-refractivity contribution < 1.29 is 18.7 Å². The van der Waals surface area contributed by atoms with Crippen LogP contribution in [0, 0.1) is 11.7 Å². The number of fused-ring (bicyclic) bond motifs is 1. The van der Waals surface area contributed by atoms with Gasteiger partial charge in [0.1, 0.15) is 5.82 Å². The van der Waals surface area contributed by atoms with Crippen molar-refractivity contribution in [3.8, 4) is 0 Å². The van der Waals surface area contributed by atoms with Crippen LogP contribution in [0.1, 0.15) is 33.1 Å². The van der Waals surface area contributed by atoms with Gasteiger partial charge >= 0.3 is 0 Å². The standard InChI is InChI=1S/C19H23FN4O3/c1-19(2)9-12(6-7-27-19)21-18(26)11-8-15(25)24(10-11)17-16-13(20)4-3-5-14(16)22-23-17/h3-5,11-12H,6-10H2,1-2H3,(H,21,26)(H,22,23)/t11-,12-/m0/s1. The van der Waals surface area contributed by atoms with Crippen molar-refractivity contribution >= 4 is 28.5 Å². The summed E-state index contributed by atoms with van der Waals surface area (Å²) in [6, 6.07) is 4.65. The first kappa shape index (κ1) is 17.9. The highest BCUT2D eigenvalue weighted by molar-refractivity contribution is 6.05. The van der Waals surface area contributed by atoms with E-state index in [4.69, 9.17) is 4.74 Å². The molecular weight excluding hydrogens is 351 g/mol. The maximum atomic E-state index is 14.2. The van der Waals surface area contributed by atoms with Crippen LogP contribution in [0.15, 0.2) is 18.2 Å². The highest BCUT2D eigenvalue weighted by Gasteiger charge is 2.39. The first-order chi connectivity index (χ1) is 12.8. The maximum absolute atomic E-state index is 14.2. The number of nitrogens with zero attached hydrogens (tertiary/aromatic N) is 2. The van der Waals surface area contributed by atoms with Gasteiger partial charge in [-0.3, -0.25) is 19.6 Å². The molecule has 1 aromatic heterocycles. The van der Waals surface area contributed by atoms with Gasteiger partial charge in [0.2, 0.25) is 11.8 Å². The third-order valence-corrected chi connectivity index (χ3v) is 5.31. The molecule has 4 rings (SSSR count). The normalized spacial score (nSPS) is 25.1. The number of rotatable bonds is 3. The summed E-state index contributed by atoms with van der Waals surface area (Å²) in [6.07, 6.45) is 1.59. The molecule has 3 heterocycles. The van der Waals surface area contributed by atoms with E-state index in [1.165, 1.54) is 11.0 Å². The van der Waals surface area contributed by atoms with Gasteiger partial charge in [-0.15, -0.1) is 0 Å². The zero-order valence-corrected chi connectivity index (χ0v) is 15.4. The second-order valence-corrected chi connectivity index (χ2v) is 7.92. The Morgan fingerprint density at radius 2 is 2.26 bits per heavy atom. The Bertz CT molecular complexity index is 894. The van der Waals surface area contributed by atoms with E-state index in [2.05, 4.69) is 15.5 Å². The Labute approximate surface area is 156 Å². The number of carbonyl (C=O) groups is 2. The number of halogens is 1. The van der Waals surface area contributed by atoms with Gasteiger partial charge in [-0.1, -0.05) is 6.07 Å². The lowest BCUT2D eigenvalue weighted by Crippen LogP contribution is -2.47. The summed E-state index contributed by atoms with van der Waals surface area (Å²) in [5, 5.41) is 10.2. The summed E-state index contributed by atoms with van der Waals surface area (Å²) in [6.45, 7) is 4.81. The van der Waals surface area contributed by atoms with E-state index in [9.17, 15) is 14.0 Å². The lowest BCUT2D eigenvalue weighted by molar-refractivity contribution is -0.128. The topological polar surface area (TPSA) is 87.3 Å². The molecule has 0 aliphatic carbocycles. The first-order valence-corrected chi connectivity index (χ1v) is 9.21. The first-order valence-electron chi connectivity index (χ1n) is 9.21. The van der Waals surface area contributed by atoms with Gasteiger partial charge in [-0.2, -0.15) is 5.10 Å². The van der Waals surface area contributed by atoms with Crippen molar-refractivity contribution in [3.05, 3.63) is 24.0 Å². The molecule has 2 aliphatic heterocycles. The van der Waals surface area contributed by atoms with E-state index in [1.807, 2.05) is 13.8 Å². The average Bonchev–Trinajstić information content (AvgIpc) is 3.18. The lowest BCUT2D eigenvalue weighted by atomic mass is 9.93. The highest BCUT2D eigenvalue weighted by Crippen LogP contribution is 2.32. The van der Waals surface area contributed by atoms with Gasteiger partial charge in [0.15, 0.2) is 5.82 Å². The molecule has 27 heavy (non-hydrogen) atoms. The number of aromatic nitrogens is 2. The molecule has 0 saturated carbocycles. The summed E-state index contributed by atoms with van der Waals surface area (Å²) in [5.41, 5.74) is 0.259. The summed E-state index contributed by atoms with van der Waals surface area (Å²) in [7, 11) is 0. The number of nitrogens with one attached hydrogen (secondary N) is 2. The molecule has 0 bridgehead atoms. The van der Waals surface area contributed by atoms with E-state index in [0.717, 1.165) is 12.8 Å². The molecule has 2 aliphatic rings. The third-order valence-electron chi connectivity index (χ3n) is 5.31. The zero-order chi connectivity index (χ0) is 19.2. The van der Waals surface area contributed by atoms with E-state index >= 15 is 0 Å². The molecule has 2 amide bonds. The van der Waals surface area contributed by atoms with Crippen LogP contribution in [0.2, 0.25) is 0 Å². The number of aromatic amines is 1. The van der Waals surface area contributed by atoms with Crippen molar-refractivity contribution in [1.29, 1.82) is 0 Å². The van der Waals surface area contributed by atoms with Gasteiger partial charge in [0, 0.05) is 25.6 Å². The number of amides is 2. The maximum Gasteiger partial charge on any atom is 0.229 e. The number of benzene rings is 1. The summed E-state index contributed by atoms with van der Waals surface area (Å²) in [4.78, 5) is 26.6. The van der Waals surface area contributed by atoms with Crippen molar-refractivity contribution in [1.82, 2.24) is 15.5 Å². The van der Waals surface area contributed by atoms with Crippen molar-refractivity contribution in [2.45, 2.75) is 44.8 Å². The highest BCUT2D eigenvalue weighted by atomic mass is 19.1. The van der Waals surface area contributed by atoms with E-state index in [1.54, 1.807) is 12.1 Å². The number of anilines is 1. The molecule has 2 N–H and O–H groups in total. The number of ether oxygens (including phenoxy) is 1. The molecule has 8 heteroatoms. The number of H-pyrrole nitrogens is 1. The largest absolute Gasteiger partial charge is 0.375 e. The SMILES string of the molecule is CC1(C)C[C@@H](NC(=O)[C@H]2CC(=O)N(c3n[nH]c4cccc(F)c34)C2)CCO1. The minimum atomic E-state index is -0.470. The van der Waals surface area contributed by atoms with Gasteiger partial charge in [-0.25, -0.2) is 4.39 Å². The van der Waals surface area contributed by atoms with Crippen LogP contribution in [0.3, 0.4) is 0 Å². The number of hydrogen-bond donors (Lipinski definition) is 2. The van der Waals surface area contributed by atoms with E-state index < -0.39 is 11.7 Å². The van der Waals surface area contributed by atoms with Gasteiger partial charge in [-0.05, 0) is 38.8 Å². The van der Waals surface area contributed by atoms with Crippen LogP contribution in [0.4, 0.5) is 10.2 Å². The monoisotopic (exact) mass is 374 g/mol. The molecule has 0 spiro atoms. The smallest absolute Gasteiger partial charge is 0.229 e. The fraction of sp³-hybridized carbons (Fsp3) is 0.526. The van der Waals surface area contributed by atoms with Crippen LogP contribution < -0.4 is 10.2 Å². The number of hydrogen-bond acceptors (Lipinski definition) is 4. The molecule has 7 nitrogen and oxygen atoms in total. The van der Waals surface area contributed by atoms with E-state index in [-0.39, 0.29) is 47.6 Å². The predicted octanol–water partition coefficient (Wildman–Crippen LogP) is 2.13. The van der Waals surface area contributed by atoms with Crippen molar-refractivity contribution in [2.75, 3.05) is 18.1 Å². The Balaban J connectivity index is 1.48. The lowest BCUT2D eigenvalue weighted by Gasteiger charge is -2.36. The molecule has 0 radical (unpaired) electrons. The fourth-order valence-corrected chi connectivity index (χ4v) is 3.97. The Hall–Kier alpha value is -2.48. The predicted molar refractivity (Wildman–Crippen MR) is 97.7 cm³/mol. The van der Waals surface area contributed by atoms with Crippen LogP contribution in [-0.2, 0) is 14.3 Å². The van der Waals surface area contributed by atoms with E-state index in [0.29, 0.717) is 12.1 Å². The summed E-state index contributed by atoms with van der Waals surface area (Å²) >= 11 is 0. The molecular formula is C19H23FN4O3. The van der Waals surface area contributed by atoms with Gasteiger partial charge in [0.05, 0.1) is 22.4 Å². The molecule has 2 atom stereocenters. The molecule has 0 unspecified atom stereocenters. The molecule has 144 valence electrons. The Morgan fingerprint density at radius 1 is 1.44 bits per heavy atom. The van der Waals surface area contributed by atoms with Crippen molar-refractivity contribution in [2.24, 2.45) is 5.92 Å². The van der Waals surface area contributed by atoms with Crippen LogP contribution in [-0.4, -0.2) is 46.8 Å². The fourth-order valence-electron chi connectivity index (χ4n) is 3.97. The zero-order valence-electron chi connectivity index (χ0n) is 15.4. The Kier molecular flexibility index (Phi) is 4.38. The third kappa shape index (κ3) is 3.41. The van der Waals surface area contributed by atoms with Crippen LogP contribution in [0.25, 0.3) is 10.9 Å². The second-order valence-electron chi connectivity index (χ2n) is 7.92.